The number of nitrogens with zero attached hydrogens (tertiary/aromatic N) is 2. The van der Waals surface area contributed by atoms with E-state index in [4.69, 9.17) is 0 Å². The van der Waals surface area contributed by atoms with Gasteiger partial charge in [-0.3, -0.25) is 0 Å². The summed E-state index contributed by atoms with van der Waals surface area (Å²) in [6, 6.07) is 17.7. The third-order valence-electron chi connectivity index (χ3n) is 4.61. The van der Waals surface area contributed by atoms with Crippen molar-refractivity contribution in [2.45, 2.75) is 12.0 Å². The monoisotopic (exact) mass is 319 g/mol. The molecule has 1 aliphatic rings. The average molecular weight is 319 g/mol. The zero-order valence-electron chi connectivity index (χ0n) is 13.2. The molecule has 0 aliphatic heterocycles. The van der Waals surface area contributed by atoms with E-state index in [0.29, 0.717) is 0 Å². The Morgan fingerprint density at radius 2 is 1.67 bits per heavy atom. The SMILES string of the molecule is Cn1c(=O)[nH]n([C@H]2c3ccccc3C=C[C@@H]2c2ccccc2)c1=O. The summed E-state index contributed by atoms with van der Waals surface area (Å²) in [6.07, 6.45) is 4.18. The largest absolute Gasteiger partial charge is 0.347 e. The summed E-state index contributed by atoms with van der Waals surface area (Å²) in [6.45, 7) is 0. The maximum absolute atomic E-state index is 12.5. The highest BCUT2D eigenvalue weighted by molar-refractivity contribution is 5.60. The fourth-order valence-corrected chi connectivity index (χ4v) is 3.37. The minimum Gasteiger partial charge on any atom is -0.246 e. The van der Waals surface area contributed by atoms with Gasteiger partial charge in [-0.2, -0.15) is 0 Å². The number of benzene rings is 2. The number of nitrogens with one attached hydrogen (secondary N) is 1. The first-order valence-corrected chi connectivity index (χ1v) is 7.86. The lowest BCUT2D eigenvalue weighted by molar-refractivity contribution is 0.459. The molecule has 1 aliphatic carbocycles. The van der Waals surface area contributed by atoms with Gasteiger partial charge in [0.15, 0.2) is 0 Å². The molecule has 3 aromatic rings. The van der Waals surface area contributed by atoms with Crippen LogP contribution in [-0.2, 0) is 7.05 Å². The van der Waals surface area contributed by atoms with Gasteiger partial charge in [-0.15, -0.1) is 0 Å². The van der Waals surface area contributed by atoms with Crippen LogP contribution < -0.4 is 11.4 Å². The van der Waals surface area contributed by atoms with Crippen molar-refractivity contribution < 1.29 is 0 Å². The second kappa shape index (κ2) is 5.53. The van der Waals surface area contributed by atoms with E-state index in [1.165, 1.54) is 11.7 Å². The van der Waals surface area contributed by atoms with Crippen molar-refractivity contribution in [2.24, 2.45) is 7.05 Å². The average Bonchev–Trinajstić information content (AvgIpc) is 2.88. The Kier molecular flexibility index (Phi) is 3.34. The van der Waals surface area contributed by atoms with E-state index < -0.39 is 5.69 Å². The fourth-order valence-electron chi connectivity index (χ4n) is 3.37. The van der Waals surface area contributed by atoms with Crippen molar-refractivity contribution in [1.82, 2.24) is 14.3 Å². The van der Waals surface area contributed by atoms with Crippen molar-refractivity contribution in [3.8, 4) is 0 Å². The molecule has 0 bridgehead atoms. The zero-order valence-corrected chi connectivity index (χ0v) is 13.2. The number of aromatic amines is 1. The van der Waals surface area contributed by atoms with Crippen molar-refractivity contribution in [3.63, 3.8) is 0 Å². The molecule has 0 unspecified atom stereocenters. The Labute approximate surface area is 138 Å². The van der Waals surface area contributed by atoms with Crippen LogP contribution in [0.15, 0.2) is 70.3 Å². The minimum absolute atomic E-state index is 0.0307. The summed E-state index contributed by atoms with van der Waals surface area (Å²) in [7, 11) is 1.49. The lowest BCUT2D eigenvalue weighted by atomic mass is 9.81. The summed E-state index contributed by atoms with van der Waals surface area (Å²) in [5.74, 6) is -0.0307. The molecular formula is C19H17N3O2. The molecule has 2 atom stereocenters. The van der Waals surface area contributed by atoms with Crippen LogP contribution in [0.4, 0.5) is 0 Å². The van der Waals surface area contributed by atoms with Crippen LogP contribution in [0.5, 0.6) is 0 Å². The number of rotatable bonds is 2. The van der Waals surface area contributed by atoms with E-state index in [0.717, 1.165) is 21.3 Å². The lowest BCUT2D eigenvalue weighted by Crippen LogP contribution is -2.32. The normalized spacial score (nSPS) is 19.2. The smallest absolute Gasteiger partial charge is 0.246 e. The van der Waals surface area contributed by atoms with Gasteiger partial charge in [0.2, 0.25) is 0 Å². The van der Waals surface area contributed by atoms with E-state index in [-0.39, 0.29) is 17.6 Å². The third kappa shape index (κ3) is 2.17. The molecule has 24 heavy (non-hydrogen) atoms. The highest BCUT2D eigenvalue weighted by Gasteiger charge is 2.31. The maximum Gasteiger partial charge on any atom is 0.347 e. The van der Waals surface area contributed by atoms with Crippen LogP contribution in [0.2, 0.25) is 0 Å². The van der Waals surface area contributed by atoms with Crippen LogP contribution in [-0.4, -0.2) is 14.3 Å². The van der Waals surface area contributed by atoms with E-state index in [1.807, 2.05) is 54.6 Å². The predicted molar refractivity (Wildman–Crippen MR) is 93.1 cm³/mol. The van der Waals surface area contributed by atoms with Crippen LogP contribution >= 0.6 is 0 Å². The van der Waals surface area contributed by atoms with Gasteiger partial charge >= 0.3 is 11.4 Å². The second-order valence-corrected chi connectivity index (χ2v) is 6.00. The van der Waals surface area contributed by atoms with E-state index in [9.17, 15) is 9.59 Å². The van der Waals surface area contributed by atoms with Crippen molar-refractivity contribution in [1.29, 1.82) is 0 Å². The van der Waals surface area contributed by atoms with Gasteiger partial charge < -0.3 is 0 Å². The molecule has 0 amide bonds. The quantitative estimate of drug-likeness (QED) is 0.788. The van der Waals surface area contributed by atoms with E-state index in [1.54, 1.807) is 0 Å². The third-order valence-corrected chi connectivity index (χ3v) is 4.61. The number of H-pyrrole nitrogens is 1. The summed E-state index contributed by atoms with van der Waals surface area (Å²) >= 11 is 0. The molecule has 2 aromatic carbocycles. The van der Waals surface area contributed by atoms with Gasteiger partial charge in [0.1, 0.15) is 0 Å². The van der Waals surface area contributed by atoms with E-state index in [2.05, 4.69) is 17.3 Å². The highest BCUT2D eigenvalue weighted by Crippen LogP contribution is 2.39. The number of hydrogen-bond acceptors (Lipinski definition) is 2. The number of allylic oxidation sites excluding steroid dienone is 1. The minimum atomic E-state index is -0.404. The topological polar surface area (TPSA) is 59.8 Å². The molecule has 5 heteroatoms. The zero-order chi connectivity index (χ0) is 16.7. The van der Waals surface area contributed by atoms with Crippen molar-refractivity contribution in [2.75, 3.05) is 0 Å². The molecule has 1 N–H and O–H groups in total. The van der Waals surface area contributed by atoms with Crippen molar-refractivity contribution in [3.05, 3.63) is 98.3 Å². The van der Waals surface area contributed by atoms with Gasteiger partial charge in [-0.05, 0) is 16.7 Å². The highest BCUT2D eigenvalue weighted by atomic mass is 16.2. The molecule has 0 saturated carbocycles. The lowest BCUT2D eigenvalue weighted by Gasteiger charge is -2.30. The molecule has 1 aromatic heterocycles. The number of aromatic nitrogens is 3. The Morgan fingerprint density at radius 1 is 0.958 bits per heavy atom. The Morgan fingerprint density at radius 3 is 2.38 bits per heavy atom. The Bertz CT molecular complexity index is 1020. The summed E-state index contributed by atoms with van der Waals surface area (Å²) in [5, 5.41) is 2.70. The van der Waals surface area contributed by atoms with Crippen molar-refractivity contribution >= 4 is 6.08 Å². The summed E-state index contributed by atoms with van der Waals surface area (Å²) in [4.78, 5) is 24.5. The van der Waals surface area contributed by atoms with Crippen LogP contribution in [0, 0.1) is 0 Å². The molecule has 1 heterocycles. The first-order chi connectivity index (χ1) is 11.7. The predicted octanol–water partition coefficient (Wildman–Crippen LogP) is 2.28. The van der Waals surface area contributed by atoms with Gasteiger partial charge in [0.05, 0.1) is 6.04 Å². The van der Waals surface area contributed by atoms with E-state index >= 15 is 0 Å². The molecule has 5 nitrogen and oxygen atoms in total. The first kappa shape index (κ1) is 14.5. The van der Waals surface area contributed by atoms with Gasteiger partial charge in [-0.1, -0.05) is 66.7 Å². The number of fused-ring (bicyclic) bond motifs is 1. The standard InChI is InChI=1S/C19H17N3O2/c1-21-18(23)20-22(19(21)24)17-15-10-6-5-9-14(15)11-12-16(17)13-7-3-2-4-8-13/h2-12,16-17H,1H3,(H,20,23)/t16-,17+/m1/s1. The molecule has 120 valence electrons. The summed E-state index contributed by atoms with van der Waals surface area (Å²) < 4.78 is 2.55. The van der Waals surface area contributed by atoms with Gasteiger partial charge in [0, 0.05) is 13.0 Å². The van der Waals surface area contributed by atoms with Gasteiger partial charge in [-0.25, -0.2) is 23.9 Å². The Balaban J connectivity index is 1.97. The van der Waals surface area contributed by atoms with Crippen LogP contribution in [0.25, 0.3) is 6.08 Å². The Hall–Kier alpha value is -3.08. The molecule has 4 rings (SSSR count). The maximum atomic E-state index is 12.5. The molecule has 0 radical (unpaired) electrons. The molecule has 0 fully saturated rings. The molecule has 0 spiro atoms. The fraction of sp³-hybridized carbons (Fsp3) is 0.158. The van der Waals surface area contributed by atoms with Gasteiger partial charge in [0.25, 0.3) is 0 Å². The molecular weight excluding hydrogens is 302 g/mol. The summed E-state index contributed by atoms with van der Waals surface area (Å²) in [5.41, 5.74) is 2.45. The number of hydrogen-bond donors (Lipinski definition) is 1. The van der Waals surface area contributed by atoms with Crippen LogP contribution in [0.3, 0.4) is 0 Å². The molecule has 0 saturated heterocycles. The van der Waals surface area contributed by atoms with Crippen LogP contribution in [0.1, 0.15) is 28.7 Å². The second-order valence-electron chi connectivity index (χ2n) is 6.00. The first-order valence-electron chi connectivity index (χ1n) is 7.86.